The number of pyridine rings is 1. The summed E-state index contributed by atoms with van der Waals surface area (Å²) in [5.74, 6) is 0.251. The average molecular weight is 683 g/mol. The van der Waals surface area contributed by atoms with Gasteiger partial charge in [0.2, 0.25) is 0 Å². The Bertz CT molecular complexity index is 2510. The van der Waals surface area contributed by atoms with Crippen molar-refractivity contribution in [2.45, 2.75) is 38.0 Å². The molecule has 53 heavy (non-hydrogen) atoms. The lowest BCUT2D eigenvalue weighted by Gasteiger charge is -2.32. The molecule has 1 heterocycles. The number of nitrogen functional groups attached to an aromatic ring is 1. The van der Waals surface area contributed by atoms with E-state index in [9.17, 15) is 0 Å². The second-order valence-corrected chi connectivity index (χ2v) is 14.0. The normalized spacial score (nSPS) is 15.4. The van der Waals surface area contributed by atoms with Crippen LogP contribution in [0.1, 0.15) is 59.6 Å². The number of hydrogen-bond acceptors (Lipinski definition) is 2. The number of nitrogens with two attached hydrogens (primary N) is 1. The molecule has 1 aromatic heterocycles. The van der Waals surface area contributed by atoms with Gasteiger partial charge in [-0.1, -0.05) is 153 Å². The largest absolute Gasteiger partial charge is 0.398 e. The summed E-state index contributed by atoms with van der Waals surface area (Å²) in [6.45, 7) is 4.00. The van der Waals surface area contributed by atoms with Gasteiger partial charge in [-0.05, 0) is 115 Å². The van der Waals surface area contributed by atoms with Crippen LogP contribution >= 0.6 is 0 Å². The molecule has 7 aromatic rings. The topological polar surface area (TPSA) is 38.9 Å². The number of fused-ring (bicyclic) bond motifs is 10. The average Bonchev–Trinajstić information content (AvgIpc) is 3.70. The zero-order valence-corrected chi connectivity index (χ0v) is 30.3. The van der Waals surface area contributed by atoms with E-state index < -0.39 is 0 Å². The van der Waals surface area contributed by atoms with Crippen molar-refractivity contribution in [3.63, 3.8) is 0 Å². The van der Waals surface area contributed by atoms with Crippen LogP contribution < -0.4 is 5.73 Å². The molecule has 0 saturated heterocycles. The molecule has 1 spiro atoms. The molecule has 10 rings (SSSR count). The van der Waals surface area contributed by atoms with Crippen LogP contribution in [0.3, 0.4) is 0 Å². The van der Waals surface area contributed by atoms with Crippen molar-refractivity contribution in [2.75, 3.05) is 5.73 Å². The molecule has 3 aliphatic carbocycles. The highest BCUT2D eigenvalue weighted by molar-refractivity contribution is 5.92. The SMILES string of the molecule is CC.Nc1ccccc1-c1c(Cc2cccc(-c3cccc(-c4ccncc4)c3)c2)ccc2c1C1CC=CC=C1C21c2ccccc2-c2ccccc21. The molecule has 2 nitrogen and oxygen atoms in total. The number of aromatic nitrogens is 1. The molecule has 0 aliphatic heterocycles. The molecule has 256 valence electrons. The molecule has 3 aliphatic rings. The van der Waals surface area contributed by atoms with E-state index in [1.807, 2.05) is 32.3 Å². The monoisotopic (exact) mass is 682 g/mol. The first-order valence-electron chi connectivity index (χ1n) is 18.9. The molecule has 2 N–H and O–H groups in total. The van der Waals surface area contributed by atoms with Gasteiger partial charge in [-0.25, -0.2) is 0 Å². The van der Waals surface area contributed by atoms with Crippen molar-refractivity contribution in [1.82, 2.24) is 4.98 Å². The van der Waals surface area contributed by atoms with Gasteiger partial charge in [0.1, 0.15) is 0 Å². The van der Waals surface area contributed by atoms with Crippen LogP contribution in [0.4, 0.5) is 5.69 Å². The number of para-hydroxylation sites is 1. The van der Waals surface area contributed by atoms with Crippen LogP contribution in [0.5, 0.6) is 0 Å². The maximum atomic E-state index is 6.90. The maximum absolute atomic E-state index is 6.90. The Morgan fingerprint density at radius 1 is 0.604 bits per heavy atom. The van der Waals surface area contributed by atoms with Crippen LogP contribution in [-0.4, -0.2) is 4.98 Å². The molecule has 0 fully saturated rings. The highest BCUT2D eigenvalue weighted by Crippen LogP contribution is 2.66. The highest BCUT2D eigenvalue weighted by Gasteiger charge is 2.55. The summed E-state index contributed by atoms with van der Waals surface area (Å²) in [5.41, 5.74) is 26.9. The molecule has 0 radical (unpaired) electrons. The number of allylic oxidation sites excluding steroid dienone is 4. The number of nitrogens with zero attached hydrogens (tertiary/aromatic N) is 1. The van der Waals surface area contributed by atoms with Crippen molar-refractivity contribution in [3.05, 3.63) is 215 Å². The summed E-state index contributed by atoms with van der Waals surface area (Å²) in [6, 6.07) is 53.4. The minimum atomic E-state index is -0.339. The van der Waals surface area contributed by atoms with E-state index in [0.29, 0.717) is 0 Å². The lowest BCUT2D eigenvalue weighted by Crippen LogP contribution is -2.27. The van der Waals surface area contributed by atoms with Gasteiger partial charge in [0.25, 0.3) is 0 Å². The number of benzene rings is 6. The zero-order valence-electron chi connectivity index (χ0n) is 30.3. The summed E-state index contributed by atoms with van der Waals surface area (Å²) in [4.78, 5) is 4.21. The van der Waals surface area contributed by atoms with Gasteiger partial charge >= 0.3 is 0 Å². The Hall–Kier alpha value is -6.25. The lowest BCUT2D eigenvalue weighted by atomic mass is 9.69. The van der Waals surface area contributed by atoms with Crippen molar-refractivity contribution in [3.8, 4) is 44.5 Å². The van der Waals surface area contributed by atoms with Gasteiger partial charge in [-0.15, -0.1) is 0 Å². The smallest absolute Gasteiger partial charge is 0.0685 e. The first-order chi connectivity index (χ1) is 26.2. The fraction of sp³-hybridized carbons (Fsp3) is 0.118. The van der Waals surface area contributed by atoms with Crippen molar-refractivity contribution < 1.29 is 0 Å². The summed E-state index contributed by atoms with van der Waals surface area (Å²) < 4.78 is 0. The van der Waals surface area contributed by atoms with Gasteiger partial charge < -0.3 is 5.73 Å². The molecule has 0 bridgehead atoms. The van der Waals surface area contributed by atoms with Gasteiger partial charge in [0.05, 0.1) is 5.41 Å². The summed E-state index contributed by atoms with van der Waals surface area (Å²) in [7, 11) is 0. The Morgan fingerprint density at radius 2 is 1.23 bits per heavy atom. The number of anilines is 1. The lowest BCUT2D eigenvalue weighted by molar-refractivity contribution is 0.708. The minimum Gasteiger partial charge on any atom is -0.398 e. The number of hydrogen-bond donors (Lipinski definition) is 1. The van der Waals surface area contributed by atoms with Crippen molar-refractivity contribution in [1.29, 1.82) is 0 Å². The Morgan fingerprint density at radius 3 is 1.94 bits per heavy atom. The molecule has 0 saturated carbocycles. The third-order valence-corrected chi connectivity index (χ3v) is 11.4. The fourth-order valence-corrected chi connectivity index (χ4v) is 9.33. The maximum Gasteiger partial charge on any atom is 0.0685 e. The summed E-state index contributed by atoms with van der Waals surface area (Å²) >= 11 is 0. The Labute approximate surface area is 313 Å². The second-order valence-electron chi connectivity index (χ2n) is 14.0. The first-order valence-corrected chi connectivity index (χ1v) is 18.9. The van der Waals surface area contributed by atoms with Crippen LogP contribution in [0, 0.1) is 0 Å². The van der Waals surface area contributed by atoms with Crippen molar-refractivity contribution in [2.24, 2.45) is 0 Å². The van der Waals surface area contributed by atoms with Crippen LogP contribution in [0.2, 0.25) is 0 Å². The van der Waals surface area contributed by atoms with E-state index in [1.165, 1.54) is 77.9 Å². The molecule has 6 aromatic carbocycles. The molecule has 2 heteroatoms. The van der Waals surface area contributed by atoms with E-state index >= 15 is 0 Å². The van der Waals surface area contributed by atoms with E-state index in [-0.39, 0.29) is 11.3 Å². The molecular weight excluding hydrogens is 641 g/mol. The van der Waals surface area contributed by atoms with E-state index in [0.717, 1.165) is 24.1 Å². The second kappa shape index (κ2) is 13.4. The third kappa shape index (κ3) is 5.12. The molecule has 0 amide bonds. The zero-order chi connectivity index (χ0) is 35.9. The van der Waals surface area contributed by atoms with E-state index in [4.69, 9.17) is 5.73 Å². The summed E-state index contributed by atoms with van der Waals surface area (Å²) in [6.07, 6.45) is 12.5. The highest BCUT2D eigenvalue weighted by atomic mass is 14.6. The van der Waals surface area contributed by atoms with Crippen LogP contribution in [0.15, 0.2) is 182 Å². The molecule has 1 unspecified atom stereocenters. The quantitative estimate of drug-likeness (QED) is 0.184. The minimum absolute atomic E-state index is 0.251. The Kier molecular flexibility index (Phi) is 8.24. The van der Waals surface area contributed by atoms with Crippen molar-refractivity contribution >= 4 is 5.69 Å². The Balaban J connectivity index is 0.00000183. The van der Waals surface area contributed by atoms with Crippen LogP contribution in [0.25, 0.3) is 44.5 Å². The molecule has 1 atom stereocenters. The standard InChI is InChI=1S/C49H36N2.C2H6/c50-46-22-8-4-18-41(46)47-37(30-32-11-9-12-34(29-32)36-14-10-13-35(31-36)33-25-27-51-28-26-33)23-24-45-48(47)40-17-3-7-21-44(40)49(45)42-19-5-1-15-38(42)39-16-2-6-20-43(39)49;1-2/h1-16,18-29,31,40H,17,30,50H2;1-2H3. The fourth-order valence-electron chi connectivity index (χ4n) is 9.33. The number of rotatable bonds is 5. The van der Waals surface area contributed by atoms with Crippen LogP contribution in [-0.2, 0) is 11.8 Å². The van der Waals surface area contributed by atoms with Gasteiger partial charge in [-0.3, -0.25) is 4.98 Å². The van der Waals surface area contributed by atoms with Gasteiger partial charge in [0.15, 0.2) is 0 Å². The first kappa shape index (κ1) is 32.6. The van der Waals surface area contributed by atoms with Gasteiger partial charge in [-0.2, -0.15) is 0 Å². The predicted molar refractivity (Wildman–Crippen MR) is 222 cm³/mol. The van der Waals surface area contributed by atoms with E-state index in [2.05, 4.69) is 163 Å². The third-order valence-electron chi connectivity index (χ3n) is 11.4. The molecular formula is C51H42N2. The summed E-state index contributed by atoms with van der Waals surface area (Å²) in [5, 5.41) is 0. The van der Waals surface area contributed by atoms with Gasteiger partial charge in [0, 0.05) is 29.6 Å². The predicted octanol–water partition coefficient (Wildman–Crippen LogP) is 12.6. The van der Waals surface area contributed by atoms with E-state index in [1.54, 1.807) is 0 Å².